The molecule has 2 aromatic rings. The number of anilines is 1. The minimum atomic E-state index is -0.351. The number of hydrogen-bond acceptors (Lipinski definition) is 6. The molecule has 0 saturated heterocycles. The van der Waals surface area contributed by atoms with E-state index in [-0.39, 0.29) is 36.0 Å². The van der Waals surface area contributed by atoms with Crippen molar-refractivity contribution in [1.29, 1.82) is 0 Å². The molecule has 0 spiro atoms. The Hall–Kier alpha value is -2.67. The third kappa shape index (κ3) is 3.94. The normalized spacial score (nSPS) is 19.8. The van der Waals surface area contributed by atoms with Gasteiger partial charge in [0, 0.05) is 24.1 Å². The fourth-order valence-corrected chi connectivity index (χ4v) is 3.32. The van der Waals surface area contributed by atoms with Crippen LogP contribution in [0.15, 0.2) is 30.5 Å². The Balaban J connectivity index is 1.81. The van der Waals surface area contributed by atoms with Gasteiger partial charge in [0.05, 0.1) is 19.0 Å². The van der Waals surface area contributed by atoms with Crippen molar-refractivity contribution in [2.24, 2.45) is 5.92 Å². The molecule has 1 saturated carbocycles. The Morgan fingerprint density at radius 3 is 2.73 bits per heavy atom. The van der Waals surface area contributed by atoms with E-state index in [1.165, 1.54) is 0 Å². The largest absolute Gasteiger partial charge is 0.497 e. The number of hydrogen-bond donors (Lipinski definition) is 3. The maximum absolute atomic E-state index is 12.7. The monoisotopic (exact) mass is 356 g/mol. The zero-order chi connectivity index (χ0) is 18.5. The summed E-state index contributed by atoms with van der Waals surface area (Å²) < 4.78 is 5.15. The van der Waals surface area contributed by atoms with E-state index < -0.39 is 0 Å². The number of nitrogens with zero attached hydrogens (tertiary/aromatic N) is 2. The minimum Gasteiger partial charge on any atom is -0.497 e. The number of nitrogens with one attached hydrogen (secondary N) is 1. The van der Waals surface area contributed by atoms with Crippen LogP contribution in [0.4, 0.5) is 5.82 Å². The summed E-state index contributed by atoms with van der Waals surface area (Å²) in [4.78, 5) is 21.2. The Morgan fingerprint density at radius 2 is 2.04 bits per heavy atom. The van der Waals surface area contributed by atoms with Crippen LogP contribution in [0.1, 0.15) is 36.2 Å². The van der Waals surface area contributed by atoms with E-state index >= 15 is 0 Å². The lowest BCUT2D eigenvalue weighted by molar-refractivity contribution is 0.0868. The number of aromatic nitrogens is 2. The highest BCUT2D eigenvalue weighted by atomic mass is 16.5. The predicted molar refractivity (Wildman–Crippen MR) is 98.7 cm³/mol. The summed E-state index contributed by atoms with van der Waals surface area (Å²) in [6.45, 7) is 0.0675. The first-order chi connectivity index (χ1) is 12.6. The number of carbonyl (C=O) groups excluding carboxylic acids is 1. The van der Waals surface area contributed by atoms with Gasteiger partial charge in [-0.1, -0.05) is 12.8 Å². The van der Waals surface area contributed by atoms with E-state index in [4.69, 9.17) is 10.5 Å². The molecule has 7 heteroatoms. The van der Waals surface area contributed by atoms with Crippen LogP contribution in [0.25, 0.3) is 11.3 Å². The van der Waals surface area contributed by atoms with Gasteiger partial charge in [-0.05, 0) is 37.1 Å². The van der Waals surface area contributed by atoms with E-state index in [2.05, 4.69) is 15.3 Å². The SMILES string of the molecule is COc1ccc(-c2cnc(N)c(C(=O)N[C@@H]3CCCC[C@@H]3CO)n2)cc1. The summed E-state index contributed by atoms with van der Waals surface area (Å²) in [5.41, 5.74) is 7.38. The first-order valence-electron chi connectivity index (χ1n) is 8.81. The molecule has 1 aromatic heterocycles. The Kier molecular flexibility index (Phi) is 5.68. The van der Waals surface area contributed by atoms with Crippen molar-refractivity contribution in [3.8, 4) is 17.0 Å². The lowest BCUT2D eigenvalue weighted by Crippen LogP contribution is -2.43. The highest BCUT2D eigenvalue weighted by Crippen LogP contribution is 2.25. The molecule has 3 rings (SSSR count). The molecule has 7 nitrogen and oxygen atoms in total. The number of aliphatic hydroxyl groups is 1. The number of aliphatic hydroxyl groups excluding tert-OH is 1. The van der Waals surface area contributed by atoms with Crippen LogP contribution in [0, 0.1) is 5.92 Å². The number of amides is 1. The Labute approximate surface area is 152 Å². The van der Waals surface area contributed by atoms with Gasteiger partial charge in [0.2, 0.25) is 0 Å². The molecule has 1 amide bonds. The molecule has 138 valence electrons. The van der Waals surface area contributed by atoms with E-state index in [1.54, 1.807) is 13.3 Å². The van der Waals surface area contributed by atoms with Gasteiger partial charge in [0.15, 0.2) is 11.5 Å². The summed E-state index contributed by atoms with van der Waals surface area (Å²) >= 11 is 0. The van der Waals surface area contributed by atoms with Crippen molar-refractivity contribution >= 4 is 11.7 Å². The summed E-state index contributed by atoms with van der Waals surface area (Å²) in [6.07, 6.45) is 5.42. The fourth-order valence-electron chi connectivity index (χ4n) is 3.32. The topological polar surface area (TPSA) is 110 Å². The second-order valence-corrected chi connectivity index (χ2v) is 6.52. The first-order valence-corrected chi connectivity index (χ1v) is 8.81. The molecule has 4 N–H and O–H groups in total. The molecule has 1 heterocycles. The maximum Gasteiger partial charge on any atom is 0.273 e. The molecule has 1 fully saturated rings. The van der Waals surface area contributed by atoms with Gasteiger partial charge in [0.25, 0.3) is 5.91 Å². The third-order valence-corrected chi connectivity index (χ3v) is 4.86. The van der Waals surface area contributed by atoms with Crippen molar-refractivity contribution in [2.75, 3.05) is 19.5 Å². The van der Waals surface area contributed by atoms with E-state index in [9.17, 15) is 9.90 Å². The van der Waals surface area contributed by atoms with Crippen LogP contribution in [0.2, 0.25) is 0 Å². The predicted octanol–water partition coefficient (Wildman–Crippen LogP) is 2.02. The molecule has 1 aliphatic carbocycles. The number of methoxy groups -OCH3 is 1. The molecule has 0 aliphatic heterocycles. The van der Waals surface area contributed by atoms with Crippen LogP contribution >= 0.6 is 0 Å². The van der Waals surface area contributed by atoms with Gasteiger partial charge in [-0.15, -0.1) is 0 Å². The van der Waals surface area contributed by atoms with E-state index in [0.717, 1.165) is 37.0 Å². The minimum absolute atomic E-state index is 0.0629. The molecule has 1 aliphatic rings. The summed E-state index contributed by atoms with van der Waals surface area (Å²) in [7, 11) is 1.60. The van der Waals surface area contributed by atoms with E-state index in [0.29, 0.717) is 5.69 Å². The van der Waals surface area contributed by atoms with Gasteiger partial charge in [0.1, 0.15) is 5.75 Å². The van der Waals surface area contributed by atoms with Crippen LogP contribution in [-0.2, 0) is 0 Å². The third-order valence-electron chi connectivity index (χ3n) is 4.86. The Morgan fingerprint density at radius 1 is 1.31 bits per heavy atom. The molecular formula is C19H24N4O3. The number of benzene rings is 1. The van der Waals surface area contributed by atoms with E-state index in [1.807, 2.05) is 24.3 Å². The number of nitrogen functional groups attached to an aromatic ring is 1. The summed E-state index contributed by atoms with van der Waals surface area (Å²) in [5, 5.41) is 12.5. The number of rotatable bonds is 5. The van der Waals surface area contributed by atoms with Crippen LogP contribution in [-0.4, -0.2) is 40.7 Å². The van der Waals surface area contributed by atoms with Gasteiger partial charge >= 0.3 is 0 Å². The molecule has 1 aromatic carbocycles. The van der Waals surface area contributed by atoms with Crippen LogP contribution in [0.3, 0.4) is 0 Å². The zero-order valence-corrected chi connectivity index (χ0v) is 14.8. The van der Waals surface area contributed by atoms with Crippen molar-refractivity contribution < 1.29 is 14.6 Å². The molecule has 2 atom stereocenters. The average Bonchev–Trinajstić information content (AvgIpc) is 2.69. The van der Waals surface area contributed by atoms with Crippen molar-refractivity contribution in [3.63, 3.8) is 0 Å². The van der Waals surface area contributed by atoms with Gasteiger partial charge in [-0.3, -0.25) is 4.79 Å². The highest BCUT2D eigenvalue weighted by molar-refractivity contribution is 5.97. The second kappa shape index (κ2) is 8.14. The molecule has 0 unspecified atom stereocenters. The molecule has 0 bridgehead atoms. The van der Waals surface area contributed by atoms with Crippen molar-refractivity contribution in [2.45, 2.75) is 31.7 Å². The van der Waals surface area contributed by atoms with Gasteiger partial charge in [-0.2, -0.15) is 0 Å². The standard InChI is InChI=1S/C19H24N4O3/c1-26-14-8-6-12(7-9-14)16-10-21-18(20)17(22-16)19(25)23-15-5-3-2-4-13(15)11-24/h6-10,13,15,24H,2-5,11H2,1H3,(H2,20,21)(H,23,25)/t13-,15-/m1/s1. The number of carbonyl (C=O) groups is 1. The lowest BCUT2D eigenvalue weighted by Gasteiger charge is -2.30. The van der Waals surface area contributed by atoms with Gasteiger partial charge < -0.3 is 20.9 Å². The average molecular weight is 356 g/mol. The maximum atomic E-state index is 12.7. The fraction of sp³-hybridized carbons (Fsp3) is 0.421. The molecule has 26 heavy (non-hydrogen) atoms. The first kappa shape index (κ1) is 18.1. The van der Waals surface area contributed by atoms with Crippen molar-refractivity contribution in [1.82, 2.24) is 15.3 Å². The van der Waals surface area contributed by atoms with Crippen molar-refractivity contribution in [3.05, 3.63) is 36.2 Å². The lowest BCUT2D eigenvalue weighted by atomic mass is 9.85. The summed E-state index contributed by atoms with van der Waals surface area (Å²) in [6, 6.07) is 7.28. The zero-order valence-electron chi connectivity index (χ0n) is 14.8. The number of ether oxygens (including phenoxy) is 1. The second-order valence-electron chi connectivity index (χ2n) is 6.52. The Bertz CT molecular complexity index is 764. The van der Waals surface area contributed by atoms with Crippen LogP contribution < -0.4 is 15.8 Å². The van der Waals surface area contributed by atoms with Crippen LogP contribution in [0.5, 0.6) is 5.75 Å². The molecule has 0 radical (unpaired) electrons. The van der Waals surface area contributed by atoms with Gasteiger partial charge in [-0.25, -0.2) is 9.97 Å². The molecular weight excluding hydrogens is 332 g/mol. The smallest absolute Gasteiger partial charge is 0.273 e. The summed E-state index contributed by atoms with van der Waals surface area (Å²) in [5.74, 6) is 0.556. The quantitative estimate of drug-likeness (QED) is 0.756. The number of nitrogens with two attached hydrogens (primary N) is 1. The highest BCUT2D eigenvalue weighted by Gasteiger charge is 2.27.